The first kappa shape index (κ1) is 19.6. The normalized spacial score (nSPS) is 12.1. The third-order valence-corrected chi connectivity index (χ3v) is 4.94. The first-order valence-electron chi connectivity index (χ1n) is 9.63. The van der Waals surface area contributed by atoms with Crippen LogP contribution in [0.1, 0.15) is 43.6 Å². The molecule has 0 saturated carbocycles. The second-order valence-electron chi connectivity index (χ2n) is 7.25. The van der Waals surface area contributed by atoms with Crippen molar-refractivity contribution in [2.24, 2.45) is 5.92 Å². The molecule has 6 nitrogen and oxygen atoms in total. The van der Waals surface area contributed by atoms with Crippen LogP contribution in [0, 0.1) is 16.0 Å². The number of nitrogens with one attached hydrogen (secondary N) is 2. The second kappa shape index (κ2) is 8.69. The van der Waals surface area contributed by atoms with Crippen molar-refractivity contribution in [2.45, 2.75) is 33.1 Å². The number of non-ortho nitro benzene ring substituents is 1. The minimum atomic E-state index is -0.411. The molecule has 2 aromatic carbocycles. The van der Waals surface area contributed by atoms with E-state index in [0.717, 1.165) is 34.9 Å². The van der Waals surface area contributed by atoms with E-state index in [2.05, 4.69) is 24.1 Å². The average Bonchev–Trinajstić information content (AvgIpc) is 3.14. The van der Waals surface area contributed by atoms with E-state index in [0.29, 0.717) is 18.2 Å². The highest BCUT2D eigenvalue weighted by atomic mass is 16.6. The third-order valence-electron chi connectivity index (χ3n) is 4.94. The summed E-state index contributed by atoms with van der Waals surface area (Å²) in [5.41, 5.74) is 3.29. The number of nitrogens with zero attached hydrogens (tertiary/aromatic N) is 1. The minimum absolute atomic E-state index is 0.0665. The largest absolute Gasteiger partial charge is 0.351 e. The Morgan fingerprint density at radius 2 is 1.86 bits per heavy atom. The molecule has 0 bridgehead atoms. The Bertz CT molecular complexity index is 976. The molecule has 146 valence electrons. The number of hydrogen-bond acceptors (Lipinski definition) is 3. The number of fused-ring (bicyclic) bond motifs is 1. The molecule has 3 aromatic rings. The van der Waals surface area contributed by atoms with Crippen molar-refractivity contribution in [1.82, 2.24) is 10.3 Å². The van der Waals surface area contributed by atoms with Crippen LogP contribution in [-0.4, -0.2) is 22.4 Å². The highest BCUT2D eigenvalue weighted by Gasteiger charge is 2.12. The molecule has 0 radical (unpaired) electrons. The number of unbranched alkanes of at least 4 members (excludes halogenated alkanes) is 1. The molecule has 1 aromatic heterocycles. The summed E-state index contributed by atoms with van der Waals surface area (Å²) in [6.45, 7) is 4.99. The molecule has 1 amide bonds. The zero-order chi connectivity index (χ0) is 20.1. The number of nitro groups is 1. The lowest BCUT2D eigenvalue weighted by molar-refractivity contribution is -0.384. The molecular weight excluding hydrogens is 354 g/mol. The minimum Gasteiger partial charge on any atom is -0.351 e. The van der Waals surface area contributed by atoms with Crippen molar-refractivity contribution in [2.75, 3.05) is 6.54 Å². The zero-order valence-electron chi connectivity index (χ0n) is 16.2. The summed E-state index contributed by atoms with van der Waals surface area (Å²) in [7, 11) is 0. The highest BCUT2D eigenvalue weighted by Crippen LogP contribution is 2.26. The van der Waals surface area contributed by atoms with Gasteiger partial charge < -0.3 is 10.3 Å². The van der Waals surface area contributed by atoms with Crippen LogP contribution in [0.3, 0.4) is 0 Å². The van der Waals surface area contributed by atoms with Crippen molar-refractivity contribution in [3.05, 3.63) is 64.3 Å². The van der Waals surface area contributed by atoms with E-state index in [-0.39, 0.29) is 11.6 Å². The number of nitro benzene ring substituents is 1. The van der Waals surface area contributed by atoms with Crippen LogP contribution in [0.15, 0.2) is 48.5 Å². The van der Waals surface area contributed by atoms with Gasteiger partial charge in [-0.3, -0.25) is 14.9 Å². The highest BCUT2D eigenvalue weighted by molar-refractivity contribution is 5.98. The van der Waals surface area contributed by atoms with Gasteiger partial charge in [-0.2, -0.15) is 0 Å². The smallest absolute Gasteiger partial charge is 0.269 e. The second-order valence-corrected chi connectivity index (χ2v) is 7.25. The fourth-order valence-electron chi connectivity index (χ4n) is 3.22. The van der Waals surface area contributed by atoms with Crippen LogP contribution >= 0.6 is 0 Å². The zero-order valence-corrected chi connectivity index (χ0v) is 16.2. The topological polar surface area (TPSA) is 88.0 Å². The molecule has 0 aliphatic heterocycles. The van der Waals surface area contributed by atoms with Crippen LogP contribution in [0.5, 0.6) is 0 Å². The van der Waals surface area contributed by atoms with Crippen molar-refractivity contribution in [3.8, 4) is 11.1 Å². The Balaban J connectivity index is 1.73. The molecule has 0 fully saturated rings. The van der Waals surface area contributed by atoms with E-state index in [4.69, 9.17) is 0 Å². The maximum atomic E-state index is 12.4. The number of aromatic amines is 1. The summed E-state index contributed by atoms with van der Waals surface area (Å²) >= 11 is 0. The van der Waals surface area contributed by atoms with Crippen LogP contribution in [-0.2, 0) is 0 Å². The maximum Gasteiger partial charge on any atom is 0.269 e. The SMILES string of the molecule is CCCC[C@H](C)CNC(=O)c1cc2ccc(-c3ccc([N+](=O)[O-])cc3)cc2[nH]1. The van der Waals surface area contributed by atoms with Crippen molar-refractivity contribution in [1.29, 1.82) is 0 Å². The van der Waals surface area contributed by atoms with Crippen LogP contribution in [0.2, 0.25) is 0 Å². The van der Waals surface area contributed by atoms with E-state index < -0.39 is 4.92 Å². The molecule has 1 atom stereocenters. The van der Waals surface area contributed by atoms with Crippen LogP contribution < -0.4 is 5.32 Å². The quantitative estimate of drug-likeness (QED) is 0.411. The van der Waals surface area contributed by atoms with E-state index in [1.54, 1.807) is 12.1 Å². The molecule has 3 rings (SSSR count). The lowest BCUT2D eigenvalue weighted by Crippen LogP contribution is -2.28. The lowest BCUT2D eigenvalue weighted by Gasteiger charge is -2.11. The van der Waals surface area contributed by atoms with Crippen molar-refractivity contribution >= 4 is 22.5 Å². The Morgan fingerprint density at radius 3 is 2.54 bits per heavy atom. The molecule has 28 heavy (non-hydrogen) atoms. The van der Waals surface area contributed by atoms with E-state index in [1.807, 2.05) is 24.3 Å². The molecule has 2 N–H and O–H groups in total. The Labute approximate surface area is 164 Å². The summed E-state index contributed by atoms with van der Waals surface area (Å²) < 4.78 is 0. The van der Waals surface area contributed by atoms with Gasteiger partial charge >= 0.3 is 0 Å². The lowest BCUT2D eigenvalue weighted by atomic mass is 10.0. The number of carbonyl (C=O) groups excluding carboxylic acids is 1. The average molecular weight is 379 g/mol. The van der Waals surface area contributed by atoms with Gasteiger partial charge in [-0.15, -0.1) is 0 Å². The number of hydrogen-bond donors (Lipinski definition) is 2. The number of benzene rings is 2. The summed E-state index contributed by atoms with van der Waals surface area (Å²) in [6, 6.07) is 14.1. The summed E-state index contributed by atoms with van der Waals surface area (Å²) in [5, 5.41) is 14.8. The predicted molar refractivity (Wildman–Crippen MR) is 111 cm³/mol. The van der Waals surface area contributed by atoms with Crippen LogP contribution in [0.25, 0.3) is 22.0 Å². The molecule has 0 spiro atoms. The molecular formula is C22H25N3O3. The Hall–Kier alpha value is -3.15. The van der Waals surface area contributed by atoms with Gasteiger partial charge in [0, 0.05) is 29.6 Å². The number of carbonyl (C=O) groups is 1. The first-order chi connectivity index (χ1) is 13.5. The van der Waals surface area contributed by atoms with Gasteiger partial charge in [0.05, 0.1) is 4.92 Å². The van der Waals surface area contributed by atoms with Crippen LogP contribution in [0.4, 0.5) is 5.69 Å². The molecule has 6 heteroatoms. The summed E-state index contributed by atoms with van der Waals surface area (Å²) in [5.74, 6) is 0.360. The standard InChI is InChI=1S/C22H25N3O3/c1-3-4-5-15(2)14-23-22(26)21-13-18-7-6-17(12-20(18)24-21)16-8-10-19(11-9-16)25(27)28/h6-13,15,24H,3-5,14H2,1-2H3,(H,23,26)/t15-/m0/s1. The van der Waals surface area contributed by atoms with E-state index in [9.17, 15) is 14.9 Å². The first-order valence-corrected chi connectivity index (χ1v) is 9.63. The maximum absolute atomic E-state index is 12.4. The van der Waals surface area contributed by atoms with Gasteiger partial charge in [0.1, 0.15) is 5.69 Å². The third kappa shape index (κ3) is 4.57. The fraction of sp³-hybridized carbons (Fsp3) is 0.318. The summed E-state index contributed by atoms with van der Waals surface area (Å²) in [6.07, 6.45) is 3.45. The summed E-state index contributed by atoms with van der Waals surface area (Å²) in [4.78, 5) is 26.0. The molecule has 0 saturated heterocycles. The van der Waals surface area contributed by atoms with Gasteiger partial charge in [-0.05, 0) is 47.7 Å². The number of amides is 1. The molecule has 0 aliphatic carbocycles. The number of rotatable bonds is 8. The van der Waals surface area contributed by atoms with E-state index in [1.165, 1.54) is 18.6 Å². The Morgan fingerprint density at radius 1 is 1.14 bits per heavy atom. The number of H-pyrrole nitrogens is 1. The van der Waals surface area contributed by atoms with Gasteiger partial charge in [0.2, 0.25) is 0 Å². The molecule has 0 unspecified atom stereocenters. The van der Waals surface area contributed by atoms with Gasteiger partial charge in [0.15, 0.2) is 0 Å². The van der Waals surface area contributed by atoms with Crippen molar-refractivity contribution < 1.29 is 9.72 Å². The van der Waals surface area contributed by atoms with Gasteiger partial charge in [-0.25, -0.2) is 0 Å². The van der Waals surface area contributed by atoms with Gasteiger partial charge in [-0.1, -0.05) is 38.8 Å². The van der Waals surface area contributed by atoms with Crippen molar-refractivity contribution in [3.63, 3.8) is 0 Å². The Kier molecular flexibility index (Phi) is 6.09. The van der Waals surface area contributed by atoms with Gasteiger partial charge in [0.25, 0.3) is 11.6 Å². The predicted octanol–water partition coefficient (Wildman–Crippen LogP) is 5.30. The molecule has 1 heterocycles. The van der Waals surface area contributed by atoms with E-state index >= 15 is 0 Å². The number of aromatic nitrogens is 1. The fourth-order valence-corrected chi connectivity index (χ4v) is 3.22. The monoisotopic (exact) mass is 379 g/mol. The molecule has 0 aliphatic rings.